The zero-order valence-electron chi connectivity index (χ0n) is 11.9. The van der Waals surface area contributed by atoms with Crippen molar-refractivity contribution in [1.29, 1.82) is 0 Å². The Balaban J connectivity index is 2.29. The Hall–Kier alpha value is -1.02. The van der Waals surface area contributed by atoms with Crippen molar-refractivity contribution in [3.8, 4) is 0 Å². The fourth-order valence-electron chi connectivity index (χ4n) is 2.75. The van der Waals surface area contributed by atoms with E-state index in [1.807, 2.05) is 0 Å². The molecule has 0 saturated heterocycles. The number of hydrogen-bond donors (Lipinski definition) is 1. The molecule has 18 heavy (non-hydrogen) atoms. The summed E-state index contributed by atoms with van der Waals surface area (Å²) in [5.41, 5.74) is 2.91. The van der Waals surface area contributed by atoms with Gasteiger partial charge in [-0.1, -0.05) is 32.0 Å². The van der Waals surface area contributed by atoms with E-state index >= 15 is 0 Å². The van der Waals surface area contributed by atoms with Crippen molar-refractivity contribution in [2.24, 2.45) is 0 Å². The standard InChI is InChI=1S/C16H26N2/c1-4-12-18(13-10-11-13)16-9-7-6-8-14(16)15(5-2)17-3/h6-9,13,15,17H,4-5,10-12H2,1-3H3. The highest BCUT2D eigenvalue weighted by molar-refractivity contribution is 5.56. The summed E-state index contributed by atoms with van der Waals surface area (Å²) in [4.78, 5) is 2.62. The molecule has 1 aromatic rings. The summed E-state index contributed by atoms with van der Waals surface area (Å²) in [6, 6.07) is 10.2. The predicted molar refractivity (Wildman–Crippen MR) is 79.2 cm³/mol. The smallest absolute Gasteiger partial charge is 0.0417 e. The molecule has 0 amide bonds. The topological polar surface area (TPSA) is 15.3 Å². The van der Waals surface area contributed by atoms with Gasteiger partial charge >= 0.3 is 0 Å². The predicted octanol–water partition coefficient (Wildman–Crippen LogP) is 3.74. The van der Waals surface area contributed by atoms with Gasteiger partial charge in [0.15, 0.2) is 0 Å². The third kappa shape index (κ3) is 2.86. The summed E-state index contributed by atoms with van der Waals surface area (Å²) in [6.07, 6.45) is 5.09. The second-order valence-corrected chi connectivity index (χ2v) is 5.23. The Bertz CT molecular complexity index is 367. The minimum atomic E-state index is 0.472. The highest BCUT2D eigenvalue weighted by atomic mass is 15.2. The molecule has 1 fully saturated rings. The third-order valence-electron chi connectivity index (χ3n) is 3.83. The summed E-state index contributed by atoms with van der Waals surface area (Å²) in [5.74, 6) is 0. The molecular formula is C16H26N2. The van der Waals surface area contributed by atoms with Gasteiger partial charge in [0.05, 0.1) is 0 Å². The van der Waals surface area contributed by atoms with Crippen LogP contribution in [0.5, 0.6) is 0 Å². The first-order valence-electron chi connectivity index (χ1n) is 7.34. The number of hydrogen-bond acceptors (Lipinski definition) is 2. The highest BCUT2D eigenvalue weighted by Crippen LogP contribution is 2.36. The number of nitrogens with one attached hydrogen (secondary N) is 1. The van der Waals surface area contributed by atoms with E-state index in [-0.39, 0.29) is 0 Å². The van der Waals surface area contributed by atoms with E-state index in [0.717, 1.165) is 12.5 Å². The Labute approximate surface area is 111 Å². The summed E-state index contributed by atoms with van der Waals surface area (Å²) < 4.78 is 0. The lowest BCUT2D eigenvalue weighted by molar-refractivity contribution is 0.573. The fourth-order valence-corrected chi connectivity index (χ4v) is 2.75. The van der Waals surface area contributed by atoms with Crippen LogP contribution < -0.4 is 10.2 Å². The van der Waals surface area contributed by atoms with Crippen molar-refractivity contribution in [2.45, 2.75) is 51.6 Å². The number of anilines is 1. The molecule has 100 valence electrons. The van der Waals surface area contributed by atoms with E-state index in [2.05, 4.69) is 55.4 Å². The zero-order chi connectivity index (χ0) is 13.0. The van der Waals surface area contributed by atoms with Crippen molar-refractivity contribution in [1.82, 2.24) is 5.32 Å². The molecule has 0 heterocycles. The largest absolute Gasteiger partial charge is 0.368 e. The summed E-state index contributed by atoms with van der Waals surface area (Å²) >= 11 is 0. The van der Waals surface area contributed by atoms with Crippen LogP contribution in [0.4, 0.5) is 5.69 Å². The average Bonchev–Trinajstić information content (AvgIpc) is 3.23. The normalized spacial score (nSPS) is 16.6. The lowest BCUT2D eigenvalue weighted by atomic mass is 10.0. The summed E-state index contributed by atoms with van der Waals surface area (Å²) in [6.45, 7) is 5.70. The van der Waals surface area contributed by atoms with Crippen molar-refractivity contribution in [3.05, 3.63) is 29.8 Å². The van der Waals surface area contributed by atoms with Crippen LogP contribution in [0.2, 0.25) is 0 Å². The van der Waals surface area contributed by atoms with E-state index in [1.165, 1.54) is 37.1 Å². The molecule has 1 saturated carbocycles. The lowest BCUT2D eigenvalue weighted by Crippen LogP contribution is -2.29. The molecule has 1 N–H and O–H groups in total. The third-order valence-corrected chi connectivity index (χ3v) is 3.83. The van der Waals surface area contributed by atoms with Gasteiger partial charge in [-0.3, -0.25) is 0 Å². The van der Waals surface area contributed by atoms with Crippen LogP contribution in [-0.4, -0.2) is 19.6 Å². The van der Waals surface area contributed by atoms with Gasteiger partial charge in [-0.15, -0.1) is 0 Å². The molecule has 1 atom stereocenters. The van der Waals surface area contributed by atoms with Crippen molar-refractivity contribution < 1.29 is 0 Å². The number of rotatable bonds is 7. The van der Waals surface area contributed by atoms with Gasteiger partial charge < -0.3 is 10.2 Å². The van der Waals surface area contributed by atoms with Crippen LogP contribution in [0.15, 0.2) is 24.3 Å². The molecule has 0 radical (unpaired) electrons. The minimum absolute atomic E-state index is 0.472. The van der Waals surface area contributed by atoms with Gasteiger partial charge in [0.2, 0.25) is 0 Å². The molecule has 2 heteroatoms. The molecule has 2 nitrogen and oxygen atoms in total. The summed E-state index contributed by atoms with van der Waals surface area (Å²) in [7, 11) is 2.06. The molecule has 0 spiro atoms. The van der Waals surface area contributed by atoms with Crippen molar-refractivity contribution in [2.75, 3.05) is 18.5 Å². The van der Waals surface area contributed by atoms with Gasteiger partial charge in [0.1, 0.15) is 0 Å². The summed E-state index contributed by atoms with van der Waals surface area (Å²) in [5, 5.41) is 3.44. The van der Waals surface area contributed by atoms with Crippen LogP contribution in [0.3, 0.4) is 0 Å². The maximum absolute atomic E-state index is 3.44. The molecule has 0 aliphatic heterocycles. The Morgan fingerprint density at radius 1 is 1.28 bits per heavy atom. The number of benzene rings is 1. The van der Waals surface area contributed by atoms with E-state index in [9.17, 15) is 0 Å². The van der Waals surface area contributed by atoms with Crippen LogP contribution in [0.1, 0.15) is 51.1 Å². The molecule has 1 aromatic carbocycles. The maximum Gasteiger partial charge on any atom is 0.0417 e. The van der Waals surface area contributed by atoms with Crippen molar-refractivity contribution in [3.63, 3.8) is 0 Å². The van der Waals surface area contributed by atoms with Crippen LogP contribution in [0, 0.1) is 0 Å². The highest BCUT2D eigenvalue weighted by Gasteiger charge is 2.30. The quantitative estimate of drug-likeness (QED) is 0.788. The second kappa shape index (κ2) is 6.24. The molecule has 1 unspecified atom stereocenters. The molecule has 0 aromatic heterocycles. The second-order valence-electron chi connectivity index (χ2n) is 5.23. The van der Waals surface area contributed by atoms with Gasteiger partial charge in [0.25, 0.3) is 0 Å². The van der Waals surface area contributed by atoms with Crippen molar-refractivity contribution >= 4 is 5.69 Å². The first kappa shape index (κ1) is 13.4. The minimum Gasteiger partial charge on any atom is -0.368 e. The Kier molecular flexibility index (Phi) is 4.65. The van der Waals surface area contributed by atoms with E-state index in [4.69, 9.17) is 0 Å². The SMILES string of the molecule is CCCN(c1ccccc1C(CC)NC)C1CC1. The first-order valence-corrected chi connectivity index (χ1v) is 7.34. The van der Waals surface area contributed by atoms with E-state index in [0.29, 0.717) is 6.04 Å². The first-order chi connectivity index (χ1) is 8.81. The van der Waals surface area contributed by atoms with Crippen LogP contribution in [0.25, 0.3) is 0 Å². The maximum atomic E-state index is 3.44. The monoisotopic (exact) mass is 246 g/mol. The van der Waals surface area contributed by atoms with Gasteiger partial charge in [-0.25, -0.2) is 0 Å². The Morgan fingerprint density at radius 3 is 2.56 bits per heavy atom. The van der Waals surface area contributed by atoms with Crippen LogP contribution >= 0.6 is 0 Å². The average molecular weight is 246 g/mol. The van der Waals surface area contributed by atoms with Gasteiger partial charge in [-0.05, 0) is 44.4 Å². The molecule has 1 aliphatic rings. The Morgan fingerprint density at radius 2 is 2.00 bits per heavy atom. The van der Waals surface area contributed by atoms with Gasteiger partial charge in [-0.2, -0.15) is 0 Å². The molecule has 0 bridgehead atoms. The lowest BCUT2D eigenvalue weighted by Gasteiger charge is -2.29. The number of para-hydroxylation sites is 1. The van der Waals surface area contributed by atoms with Crippen LogP contribution in [-0.2, 0) is 0 Å². The number of nitrogens with zero attached hydrogens (tertiary/aromatic N) is 1. The van der Waals surface area contributed by atoms with E-state index in [1.54, 1.807) is 0 Å². The molecular weight excluding hydrogens is 220 g/mol. The van der Waals surface area contributed by atoms with Gasteiger partial charge in [0, 0.05) is 24.3 Å². The zero-order valence-corrected chi connectivity index (χ0v) is 11.9. The molecule has 1 aliphatic carbocycles. The fraction of sp³-hybridized carbons (Fsp3) is 0.625. The van der Waals surface area contributed by atoms with E-state index < -0.39 is 0 Å². The molecule has 2 rings (SSSR count).